The minimum absolute atomic E-state index is 1.17. The summed E-state index contributed by atoms with van der Waals surface area (Å²) in [7, 11) is 0. The molecule has 0 aliphatic rings. The maximum absolute atomic E-state index is 2.40. The number of nitrogens with zero attached hydrogens (tertiary/aromatic N) is 2. The number of aryl methyl sites for hydroxylation is 4. The summed E-state index contributed by atoms with van der Waals surface area (Å²) in [6, 6.07) is 62.7. The molecule has 0 aliphatic carbocycles. The number of hydrogen-bond acceptors (Lipinski definition) is 0. The Morgan fingerprint density at radius 2 is 0.661 bits per heavy atom. The lowest BCUT2D eigenvalue weighted by Crippen LogP contribution is -1.94. The lowest BCUT2D eigenvalue weighted by molar-refractivity contribution is 1.18. The van der Waals surface area contributed by atoms with Gasteiger partial charge in [-0.15, -0.1) is 0 Å². The van der Waals surface area contributed by atoms with Gasteiger partial charge in [0.25, 0.3) is 0 Å². The van der Waals surface area contributed by atoms with E-state index in [9.17, 15) is 0 Å². The third kappa shape index (κ3) is 5.91. The second kappa shape index (κ2) is 13.4. The van der Waals surface area contributed by atoms with Crippen molar-refractivity contribution in [1.82, 2.24) is 9.13 Å². The van der Waals surface area contributed by atoms with Crippen LogP contribution >= 0.6 is 0 Å². The molecule has 0 atom stereocenters. The summed E-state index contributed by atoms with van der Waals surface area (Å²) in [6.07, 6.45) is 4.39. The van der Waals surface area contributed by atoms with Crippen molar-refractivity contribution >= 4 is 55.8 Å². The van der Waals surface area contributed by atoms with Gasteiger partial charge in [-0.2, -0.15) is 0 Å². The number of aromatic nitrogens is 2. The zero-order chi connectivity index (χ0) is 37.9. The van der Waals surface area contributed by atoms with Gasteiger partial charge in [-0.3, -0.25) is 0 Å². The van der Waals surface area contributed by atoms with Gasteiger partial charge in [0, 0.05) is 32.9 Å². The first kappa shape index (κ1) is 33.7. The quantitative estimate of drug-likeness (QED) is 0.152. The van der Waals surface area contributed by atoms with Crippen LogP contribution in [0, 0.1) is 27.7 Å². The van der Waals surface area contributed by atoms with Crippen molar-refractivity contribution < 1.29 is 0 Å². The summed E-state index contributed by atoms with van der Waals surface area (Å²) in [4.78, 5) is 0. The largest absolute Gasteiger partial charge is 0.309 e. The summed E-state index contributed by atoms with van der Waals surface area (Å²) in [6.45, 7) is 8.67. The van der Waals surface area contributed by atoms with Crippen LogP contribution in [0.5, 0.6) is 0 Å². The minimum Gasteiger partial charge on any atom is -0.309 e. The van der Waals surface area contributed by atoms with Gasteiger partial charge in [0.1, 0.15) is 0 Å². The van der Waals surface area contributed by atoms with Gasteiger partial charge in [0.2, 0.25) is 0 Å². The standard InChI is InChI=1S/C54H42N2/c1-35-8-26-51-47(30-35)48-31-36(2)9-27-52(48)55(51)45-24-22-42(23-25-45)41-18-14-39(15-19-41)12-13-40-16-20-43(21-17-40)44-6-5-7-46(34-44)56-53-28-10-37(3)32-49(53)50-33-38(4)11-29-54(50)56/h5-34H,1-4H3/b13-12+. The van der Waals surface area contributed by atoms with E-state index in [0.717, 1.165) is 0 Å². The Balaban J connectivity index is 0.871. The predicted octanol–water partition coefficient (Wildman–Crippen LogP) is 14.6. The molecule has 0 saturated carbocycles. The number of rotatable bonds is 6. The van der Waals surface area contributed by atoms with Crippen LogP contribution in [0.15, 0.2) is 170 Å². The third-order valence-corrected chi connectivity index (χ3v) is 11.3. The predicted molar refractivity (Wildman–Crippen MR) is 240 cm³/mol. The first-order chi connectivity index (χ1) is 27.4. The van der Waals surface area contributed by atoms with Crippen LogP contribution in [0.2, 0.25) is 0 Å². The van der Waals surface area contributed by atoms with E-state index >= 15 is 0 Å². The molecule has 0 radical (unpaired) electrons. The van der Waals surface area contributed by atoms with Crippen molar-refractivity contribution in [2.45, 2.75) is 27.7 Å². The Morgan fingerprint density at radius 3 is 1.07 bits per heavy atom. The molecule has 2 heteroatoms. The van der Waals surface area contributed by atoms with Crippen LogP contribution in [0.4, 0.5) is 0 Å². The highest BCUT2D eigenvalue weighted by atomic mass is 15.0. The van der Waals surface area contributed by atoms with Crippen LogP contribution in [0.25, 0.3) is 89.4 Å². The summed E-state index contributed by atoms with van der Waals surface area (Å²) >= 11 is 0. The fourth-order valence-corrected chi connectivity index (χ4v) is 8.45. The van der Waals surface area contributed by atoms with Crippen molar-refractivity contribution in [3.63, 3.8) is 0 Å². The van der Waals surface area contributed by atoms with E-state index in [-0.39, 0.29) is 0 Å². The maximum atomic E-state index is 2.40. The third-order valence-electron chi connectivity index (χ3n) is 11.3. The van der Waals surface area contributed by atoms with Crippen LogP contribution < -0.4 is 0 Å². The van der Waals surface area contributed by atoms with E-state index < -0.39 is 0 Å². The fraction of sp³-hybridized carbons (Fsp3) is 0.0741. The highest BCUT2D eigenvalue weighted by Gasteiger charge is 2.15. The molecule has 0 amide bonds. The topological polar surface area (TPSA) is 9.86 Å². The van der Waals surface area contributed by atoms with Crippen LogP contribution in [0.1, 0.15) is 33.4 Å². The maximum Gasteiger partial charge on any atom is 0.0541 e. The molecule has 268 valence electrons. The molecule has 2 heterocycles. The van der Waals surface area contributed by atoms with Crippen LogP contribution in [0.3, 0.4) is 0 Å². The van der Waals surface area contributed by atoms with Crippen molar-refractivity contribution in [3.05, 3.63) is 203 Å². The molecule has 0 saturated heterocycles. The number of benzene rings is 8. The van der Waals surface area contributed by atoms with Gasteiger partial charge in [-0.25, -0.2) is 0 Å². The average molecular weight is 719 g/mol. The minimum atomic E-state index is 1.17. The number of fused-ring (bicyclic) bond motifs is 6. The van der Waals surface area contributed by atoms with E-state index in [0.29, 0.717) is 0 Å². The van der Waals surface area contributed by atoms with Crippen molar-refractivity contribution in [1.29, 1.82) is 0 Å². The normalized spacial score (nSPS) is 11.9. The first-order valence-corrected chi connectivity index (χ1v) is 19.5. The molecule has 0 N–H and O–H groups in total. The molecule has 0 bridgehead atoms. The molecule has 8 aromatic carbocycles. The lowest BCUT2D eigenvalue weighted by atomic mass is 10.0. The zero-order valence-corrected chi connectivity index (χ0v) is 32.2. The van der Waals surface area contributed by atoms with Gasteiger partial charge in [-0.1, -0.05) is 131 Å². The smallest absolute Gasteiger partial charge is 0.0541 e. The molecule has 56 heavy (non-hydrogen) atoms. The summed E-state index contributed by atoms with van der Waals surface area (Å²) in [5, 5.41) is 5.21. The highest BCUT2D eigenvalue weighted by molar-refractivity contribution is 6.10. The molecule has 0 unspecified atom stereocenters. The molecule has 2 nitrogen and oxygen atoms in total. The Bertz CT molecular complexity index is 3010. The molecule has 0 fully saturated rings. The fourth-order valence-electron chi connectivity index (χ4n) is 8.45. The zero-order valence-electron chi connectivity index (χ0n) is 32.2. The summed E-state index contributed by atoms with van der Waals surface area (Å²) in [5.74, 6) is 0. The highest BCUT2D eigenvalue weighted by Crippen LogP contribution is 2.36. The van der Waals surface area contributed by atoms with Crippen LogP contribution in [-0.4, -0.2) is 9.13 Å². The second-order valence-electron chi connectivity index (χ2n) is 15.4. The summed E-state index contributed by atoms with van der Waals surface area (Å²) < 4.78 is 4.79. The van der Waals surface area contributed by atoms with Crippen LogP contribution in [-0.2, 0) is 0 Å². The molecule has 0 spiro atoms. The monoisotopic (exact) mass is 718 g/mol. The van der Waals surface area contributed by atoms with Crippen molar-refractivity contribution in [2.24, 2.45) is 0 Å². The Hall–Kier alpha value is -6.90. The van der Waals surface area contributed by atoms with Gasteiger partial charge < -0.3 is 9.13 Å². The SMILES string of the molecule is Cc1ccc2c(c1)c1cc(C)ccc1n2-c1ccc(-c2ccc(/C=C/c3ccc(-c4cccc(-n5c6ccc(C)cc6c6cc(C)ccc65)c4)cc3)cc2)cc1. The van der Waals surface area contributed by atoms with E-state index in [1.807, 2.05) is 0 Å². The lowest BCUT2D eigenvalue weighted by Gasteiger charge is -2.11. The van der Waals surface area contributed by atoms with Gasteiger partial charge in [0.05, 0.1) is 22.1 Å². The Morgan fingerprint density at radius 1 is 0.304 bits per heavy atom. The van der Waals surface area contributed by atoms with Gasteiger partial charge >= 0.3 is 0 Å². The van der Waals surface area contributed by atoms with Crippen molar-refractivity contribution in [3.8, 4) is 33.6 Å². The summed E-state index contributed by atoms with van der Waals surface area (Å²) in [5.41, 5.74) is 19.6. The molecular formula is C54H42N2. The van der Waals surface area contributed by atoms with E-state index in [1.165, 1.54) is 111 Å². The Kier molecular flexibility index (Phi) is 8.08. The van der Waals surface area contributed by atoms with Gasteiger partial charge in [-0.05, 0) is 134 Å². The molecular weight excluding hydrogens is 677 g/mol. The second-order valence-corrected chi connectivity index (χ2v) is 15.4. The van der Waals surface area contributed by atoms with E-state index in [1.54, 1.807) is 0 Å². The molecule has 0 aliphatic heterocycles. The molecule has 10 rings (SSSR count). The molecule has 10 aromatic rings. The average Bonchev–Trinajstić information content (AvgIpc) is 3.71. The first-order valence-electron chi connectivity index (χ1n) is 19.5. The number of hydrogen-bond donors (Lipinski definition) is 0. The Labute approximate surface area is 328 Å². The van der Waals surface area contributed by atoms with E-state index in [4.69, 9.17) is 0 Å². The van der Waals surface area contributed by atoms with Crippen molar-refractivity contribution in [2.75, 3.05) is 0 Å². The van der Waals surface area contributed by atoms with E-state index in [2.05, 4.69) is 219 Å². The van der Waals surface area contributed by atoms with Gasteiger partial charge in [0.15, 0.2) is 0 Å². The molecule has 2 aromatic heterocycles.